The Labute approximate surface area is 105 Å². The first-order valence-electron chi connectivity index (χ1n) is 6.27. The molecule has 2 N–H and O–H groups in total. The number of hydrogen-bond donors (Lipinski definition) is 2. The Bertz CT molecular complexity index is 421. The predicted molar refractivity (Wildman–Crippen MR) is 67.5 cm³/mol. The van der Waals surface area contributed by atoms with E-state index >= 15 is 0 Å². The third-order valence-corrected chi connectivity index (χ3v) is 5.20. The van der Waals surface area contributed by atoms with E-state index in [1.807, 2.05) is 6.07 Å². The van der Waals surface area contributed by atoms with Crippen LogP contribution in [0.2, 0.25) is 0 Å². The second kappa shape index (κ2) is 4.10. The predicted octanol–water partition coefficient (Wildman–Crippen LogP) is 1.88. The highest BCUT2D eigenvalue weighted by molar-refractivity contribution is 7.14. The van der Waals surface area contributed by atoms with Crippen LogP contribution in [0.4, 0.5) is 0 Å². The topological polar surface area (TPSA) is 49.3 Å². The van der Waals surface area contributed by atoms with Crippen molar-refractivity contribution < 1.29 is 9.90 Å². The summed E-state index contributed by atoms with van der Waals surface area (Å²) in [4.78, 5) is 14.3. The van der Waals surface area contributed by atoms with Crippen LogP contribution in [-0.2, 0) is 12.8 Å². The van der Waals surface area contributed by atoms with Crippen LogP contribution >= 0.6 is 11.3 Å². The molecule has 0 radical (unpaired) electrons. The van der Waals surface area contributed by atoms with Crippen LogP contribution in [0.3, 0.4) is 0 Å². The SMILES string of the molecule is O=C(NC1(CO)CCC1)c1cc2c(s1)CCC2. The van der Waals surface area contributed by atoms with Gasteiger partial charge in [-0.25, -0.2) is 0 Å². The number of aryl methyl sites for hydroxylation is 2. The molecule has 3 rings (SSSR count). The van der Waals surface area contributed by atoms with Gasteiger partial charge in [-0.15, -0.1) is 11.3 Å². The minimum absolute atomic E-state index is 0.00171. The van der Waals surface area contributed by atoms with Gasteiger partial charge in [0.2, 0.25) is 0 Å². The summed E-state index contributed by atoms with van der Waals surface area (Å²) < 4.78 is 0. The molecule has 0 unspecified atom stereocenters. The zero-order chi connectivity index (χ0) is 11.9. The summed E-state index contributed by atoms with van der Waals surface area (Å²) in [5, 5.41) is 12.3. The van der Waals surface area contributed by atoms with Crippen LogP contribution in [0.25, 0.3) is 0 Å². The average Bonchev–Trinajstić information content (AvgIpc) is 2.82. The van der Waals surface area contributed by atoms with Gasteiger partial charge in [-0.05, 0) is 50.2 Å². The standard InChI is InChI=1S/C13H17NO2S/c15-8-13(5-2-6-13)14-12(16)11-7-9-3-1-4-10(9)17-11/h7,15H,1-6,8H2,(H,14,16). The van der Waals surface area contributed by atoms with Crippen molar-refractivity contribution in [2.75, 3.05) is 6.61 Å². The number of fused-ring (bicyclic) bond motifs is 1. The van der Waals surface area contributed by atoms with Gasteiger partial charge in [0.25, 0.3) is 5.91 Å². The molecule has 0 atom stereocenters. The van der Waals surface area contributed by atoms with E-state index in [-0.39, 0.29) is 18.1 Å². The van der Waals surface area contributed by atoms with Crippen molar-refractivity contribution in [1.82, 2.24) is 5.32 Å². The molecule has 1 aromatic heterocycles. The molecule has 1 heterocycles. The fourth-order valence-electron chi connectivity index (χ4n) is 2.67. The summed E-state index contributed by atoms with van der Waals surface area (Å²) in [7, 11) is 0. The van der Waals surface area contributed by atoms with Crippen molar-refractivity contribution in [2.45, 2.75) is 44.1 Å². The summed E-state index contributed by atoms with van der Waals surface area (Å²) >= 11 is 1.62. The minimum Gasteiger partial charge on any atom is -0.394 e. The molecule has 0 aromatic carbocycles. The van der Waals surface area contributed by atoms with Gasteiger partial charge in [0.15, 0.2) is 0 Å². The van der Waals surface area contributed by atoms with E-state index in [2.05, 4.69) is 5.32 Å². The highest BCUT2D eigenvalue weighted by atomic mass is 32.1. The lowest BCUT2D eigenvalue weighted by atomic mass is 9.77. The highest BCUT2D eigenvalue weighted by Gasteiger charge is 2.38. The number of amides is 1. The number of thiophene rings is 1. The van der Waals surface area contributed by atoms with Crippen LogP contribution in [0, 0.1) is 0 Å². The fourth-order valence-corrected chi connectivity index (χ4v) is 3.82. The summed E-state index contributed by atoms with van der Waals surface area (Å²) in [6.07, 6.45) is 6.37. The molecule has 2 aliphatic carbocycles. The molecule has 1 saturated carbocycles. The summed E-state index contributed by atoms with van der Waals surface area (Å²) in [6, 6.07) is 2.03. The zero-order valence-corrected chi connectivity index (χ0v) is 10.6. The van der Waals surface area contributed by atoms with Gasteiger partial charge in [0, 0.05) is 4.88 Å². The van der Waals surface area contributed by atoms with E-state index in [0.29, 0.717) is 0 Å². The molecule has 1 amide bonds. The van der Waals surface area contributed by atoms with E-state index in [1.165, 1.54) is 16.9 Å². The lowest BCUT2D eigenvalue weighted by Gasteiger charge is -2.40. The number of aliphatic hydroxyl groups is 1. The quantitative estimate of drug-likeness (QED) is 0.861. The summed E-state index contributed by atoms with van der Waals surface area (Å²) in [6.45, 7) is 0.0594. The number of rotatable bonds is 3. The molecule has 0 spiro atoms. The van der Waals surface area contributed by atoms with Crippen LogP contribution in [0.1, 0.15) is 45.8 Å². The molecule has 0 saturated heterocycles. The number of aliphatic hydroxyl groups excluding tert-OH is 1. The van der Waals surface area contributed by atoms with Crippen LogP contribution in [0.15, 0.2) is 6.07 Å². The largest absolute Gasteiger partial charge is 0.394 e. The Morgan fingerprint density at radius 1 is 1.41 bits per heavy atom. The number of carbonyl (C=O) groups excluding carboxylic acids is 1. The van der Waals surface area contributed by atoms with Crippen molar-refractivity contribution >= 4 is 17.2 Å². The Balaban J connectivity index is 1.73. The highest BCUT2D eigenvalue weighted by Crippen LogP contribution is 2.34. The van der Waals surface area contributed by atoms with Gasteiger partial charge >= 0.3 is 0 Å². The minimum atomic E-state index is -0.328. The molecule has 3 nitrogen and oxygen atoms in total. The first kappa shape index (κ1) is 11.2. The molecule has 0 bridgehead atoms. The van der Waals surface area contributed by atoms with E-state index in [0.717, 1.165) is 37.0 Å². The number of carbonyl (C=O) groups is 1. The van der Waals surface area contributed by atoms with Gasteiger partial charge in [-0.1, -0.05) is 0 Å². The van der Waals surface area contributed by atoms with Crippen molar-refractivity contribution in [2.24, 2.45) is 0 Å². The molecule has 1 aromatic rings. The molecule has 17 heavy (non-hydrogen) atoms. The lowest BCUT2D eigenvalue weighted by Crippen LogP contribution is -2.56. The van der Waals surface area contributed by atoms with Crippen LogP contribution < -0.4 is 5.32 Å². The van der Waals surface area contributed by atoms with Gasteiger partial charge in [-0.3, -0.25) is 4.79 Å². The maximum atomic E-state index is 12.1. The summed E-state index contributed by atoms with van der Waals surface area (Å²) in [5.74, 6) is -0.00171. The molecule has 2 aliphatic rings. The molecule has 1 fully saturated rings. The molecular formula is C13H17NO2S. The van der Waals surface area contributed by atoms with Crippen LogP contribution in [-0.4, -0.2) is 23.2 Å². The monoisotopic (exact) mass is 251 g/mol. The van der Waals surface area contributed by atoms with Crippen molar-refractivity contribution in [3.63, 3.8) is 0 Å². The second-order valence-electron chi connectivity index (χ2n) is 5.16. The fraction of sp³-hybridized carbons (Fsp3) is 0.615. The Hall–Kier alpha value is -0.870. The van der Waals surface area contributed by atoms with Crippen molar-refractivity contribution in [3.05, 3.63) is 21.4 Å². The van der Waals surface area contributed by atoms with Gasteiger partial charge < -0.3 is 10.4 Å². The van der Waals surface area contributed by atoms with Crippen molar-refractivity contribution in [3.8, 4) is 0 Å². The second-order valence-corrected chi connectivity index (χ2v) is 6.30. The average molecular weight is 251 g/mol. The Morgan fingerprint density at radius 3 is 2.82 bits per heavy atom. The third kappa shape index (κ3) is 1.89. The van der Waals surface area contributed by atoms with E-state index in [1.54, 1.807) is 11.3 Å². The van der Waals surface area contributed by atoms with Gasteiger partial charge in [-0.2, -0.15) is 0 Å². The first-order valence-corrected chi connectivity index (χ1v) is 7.09. The maximum absolute atomic E-state index is 12.1. The van der Waals surface area contributed by atoms with Crippen LogP contribution in [0.5, 0.6) is 0 Å². The Kier molecular flexibility index (Phi) is 2.71. The molecule has 92 valence electrons. The Morgan fingerprint density at radius 2 is 2.24 bits per heavy atom. The normalized spacial score (nSPS) is 20.8. The van der Waals surface area contributed by atoms with E-state index < -0.39 is 0 Å². The zero-order valence-electron chi connectivity index (χ0n) is 9.79. The maximum Gasteiger partial charge on any atom is 0.261 e. The van der Waals surface area contributed by atoms with E-state index in [9.17, 15) is 9.90 Å². The first-order chi connectivity index (χ1) is 8.22. The summed E-state index contributed by atoms with van der Waals surface area (Å²) in [5.41, 5.74) is 1.03. The molecule has 4 heteroatoms. The number of nitrogens with one attached hydrogen (secondary N) is 1. The lowest BCUT2D eigenvalue weighted by molar-refractivity contribution is 0.0645. The number of hydrogen-bond acceptors (Lipinski definition) is 3. The third-order valence-electron chi connectivity index (χ3n) is 3.96. The van der Waals surface area contributed by atoms with Crippen molar-refractivity contribution in [1.29, 1.82) is 0 Å². The smallest absolute Gasteiger partial charge is 0.261 e. The molecule has 0 aliphatic heterocycles. The van der Waals surface area contributed by atoms with Gasteiger partial charge in [0.1, 0.15) is 0 Å². The van der Waals surface area contributed by atoms with Gasteiger partial charge in [0.05, 0.1) is 17.0 Å². The van der Waals surface area contributed by atoms with E-state index in [4.69, 9.17) is 0 Å². The molecular weight excluding hydrogens is 234 g/mol.